The van der Waals surface area contributed by atoms with Crippen molar-refractivity contribution in [2.45, 2.75) is 6.42 Å². The first-order valence-electron chi connectivity index (χ1n) is 5.93. The molecule has 0 saturated carbocycles. The van der Waals surface area contributed by atoms with Crippen LogP contribution in [0.4, 0.5) is 0 Å². The number of carbonyl (C=O) groups excluding carboxylic acids is 2. The molecular weight excluding hydrogens is 240 g/mol. The minimum absolute atomic E-state index is 0.142. The van der Waals surface area contributed by atoms with Crippen LogP contribution in [0.2, 0.25) is 0 Å². The van der Waals surface area contributed by atoms with Crippen molar-refractivity contribution in [1.82, 2.24) is 0 Å². The van der Waals surface area contributed by atoms with Crippen molar-refractivity contribution >= 4 is 12.1 Å². The molecule has 1 N–H and O–H groups in total. The molecule has 3 heteroatoms. The molecule has 98 valence electrons. The number of hydrogen-bond acceptors (Lipinski definition) is 3. The molecule has 19 heavy (non-hydrogen) atoms. The number of benzene rings is 2. The monoisotopic (exact) mass is 256 g/mol. The van der Waals surface area contributed by atoms with Crippen molar-refractivity contribution in [3.63, 3.8) is 0 Å². The quantitative estimate of drug-likeness (QED) is 0.854. The molecule has 0 heterocycles. The van der Waals surface area contributed by atoms with Gasteiger partial charge in [0.15, 0.2) is 5.78 Å². The first-order chi connectivity index (χ1) is 9.26. The predicted molar refractivity (Wildman–Crippen MR) is 74.1 cm³/mol. The lowest BCUT2D eigenvalue weighted by Gasteiger charge is -1.95. The van der Waals surface area contributed by atoms with E-state index in [9.17, 15) is 9.59 Å². The smallest absolute Gasteiger partial charge is 0.162 e. The molecule has 0 aliphatic heterocycles. The molecule has 0 radical (unpaired) electrons. The Morgan fingerprint density at radius 1 is 0.947 bits per heavy atom. The van der Waals surface area contributed by atoms with Crippen LogP contribution in [-0.4, -0.2) is 23.8 Å². The van der Waals surface area contributed by atoms with E-state index in [0.29, 0.717) is 6.42 Å². The van der Waals surface area contributed by atoms with E-state index in [4.69, 9.17) is 5.11 Å². The summed E-state index contributed by atoms with van der Waals surface area (Å²) >= 11 is 0. The topological polar surface area (TPSA) is 54.4 Å². The van der Waals surface area contributed by atoms with E-state index >= 15 is 0 Å². The summed E-state index contributed by atoms with van der Waals surface area (Å²) in [6, 6.07) is 18.5. The molecule has 0 aliphatic rings. The number of Topliss-reactive ketones (excluding diaryl/α,β-unsaturated/α-hetero) is 1. The Morgan fingerprint density at radius 2 is 1.47 bits per heavy atom. The Bertz CT molecular complexity index is 492. The van der Waals surface area contributed by atoms with Gasteiger partial charge in [0.05, 0.1) is 0 Å². The fraction of sp³-hybridized carbons (Fsp3) is 0.125. The van der Waals surface area contributed by atoms with Gasteiger partial charge in [0.1, 0.15) is 12.9 Å². The molecule has 0 aliphatic carbocycles. The van der Waals surface area contributed by atoms with Crippen LogP contribution >= 0.6 is 0 Å². The van der Waals surface area contributed by atoms with Crippen LogP contribution in [0.15, 0.2) is 60.7 Å². The van der Waals surface area contributed by atoms with Crippen molar-refractivity contribution in [2.24, 2.45) is 0 Å². The van der Waals surface area contributed by atoms with Gasteiger partial charge in [-0.25, -0.2) is 0 Å². The van der Waals surface area contributed by atoms with Crippen LogP contribution in [0.3, 0.4) is 0 Å². The van der Waals surface area contributed by atoms with Crippen molar-refractivity contribution in [3.8, 4) is 0 Å². The fourth-order valence-electron chi connectivity index (χ4n) is 1.41. The summed E-state index contributed by atoms with van der Waals surface area (Å²) in [7, 11) is 0. The SMILES string of the molecule is O=C(CO)Cc1ccccc1.O=Cc1ccccc1. The van der Waals surface area contributed by atoms with Crippen LogP contribution in [0, 0.1) is 0 Å². The van der Waals surface area contributed by atoms with Crippen molar-refractivity contribution in [1.29, 1.82) is 0 Å². The van der Waals surface area contributed by atoms with Crippen molar-refractivity contribution in [3.05, 3.63) is 71.8 Å². The van der Waals surface area contributed by atoms with Crippen LogP contribution in [-0.2, 0) is 11.2 Å². The second kappa shape index (κ2) is 8.78. The van der Waals surface area contributed by atoms with Gasteiger partial charge in [-0.3, -0.25) is 9.59 Å². The maximum Gasteiger partial charge on any atom is 0.162 e. The lowest BCUT2D eigenvalue weighted by atomic mass is 10.1. The van der Waals surface area contributed by atoms with Crippen LogP contribution < -0.4 is 0 Å². The molecule has 2 aromatic carbocycles. The number of hydrogen-bond donors (Lipinski definition) is 1. The van der Waals surface area contributed by atoms with Crippen molar-refractivity contribution in [2.75, 3.05) is 6.61 Å². The maximum atomic E-state index is 10.7. The summed E-state index contributed by atoms with van der Waals surface area (Å²) in [5, 5.41) is 8.45. The largest absolute Gasteiger partial charge is 0.389 e. The minimum Gasteiger partial charge on any atom is -0.389 e. The summed E-state index contributed by atoms with van der Waals surface area (Å²) in [5.41, 5.74) is 1.68. The highest BCUT2D eigenvalue weighted by Crippen LogP contribution is 1.99. The second-order valence-electron chi connectivity index (χ2n) is 3.89. The molecule has 2 rings (SSSR count). The number of aliphatic hydroxyl groups excluding tert-OH is 1. The van der Waals surface area contributed by atoms with Gasteiger partial charge in [0.25, 0.3) is 0 Å². The number of carbonyl (C=O) groups is 2. The Morgan fingerprint density at radius 3 is 1.89 bits per heavy atom. The predicted octanol–water partition coefficient (Wildman–Crippen LogP) is 2.29. The van der Waals surface area contributed by atoms with Gasteiger partial charge in [0.2, 0.25) is 0 Å². The Labute approximate surface area is 112 Å². The van der Waals surface area contributed by atoms with E-state index in [-0.39, 0.29) is 12.4 Å². The van der Waals surface area contributed by atoms with E-state index in [1.165, 1.54) is 0 Å². The number of rotatable bonds is 4. The van der Waals surface area contributed by atoms with Crippen molar-refractivity contribution < 1.29 is 14.7 Å². The number of aldehydes is 1. The molecule has 0 bridgehead atoms. The molecule has 0 amide bonds. The van der Waals surface area contributed by atoms with Crippen LogP contribution in [0.1, 0.15) is 15.9 Å². The fourth-order valence-corrected chi connectivity index (χ4v) is 1.41. The molecule has 3 nitrogen and oxygen atoms in total. The average molecular weight is 256 g/mol. The molecule has 0 unspecified atom stereocenters. The normalized spacial score (nSPS) is 9.11. The van der Waals surface area contributed by atoms with Gasteiger partial charge in [-0.15, -0.1) is 0 Å². The summed E-state index contributed by atoms with van der Waals surface area (Å²) in [4.78, 5) is 20.7. The molecule has 0 aromatic heterocycles. The standard InChI is InChI=1S/C9H10O2.C7H6O/c10-7-9(11)6-8-4-2-1-3-5-8;8-6-7-4-2-1-3-5-7/h1-5,10H,6-7H2;1-6H. The van der Waals surface area contributed by atoms with Crippen LogP contribution in [0.25, 0.3) is 0 Å². The third-order valence-electron chi connectivity index (χ3n) is 2.36. The highest BCUT2D eigenvalue weighted by Gasteiger charge is 1.99. The highest BCUT2D eigenvalue weighted by molar-refractivity contribution is 5.81. The van der Waals surface area contributed by atoms with Gasteiger partial charge in [0, 0.05) is 12.0 Å². The number of ketones is 1. The first kappa shape index (κ1) is 14.8. The highest BCUT2D eigenvalue weighted by atomic mass is 16.3. The zero-order valence-electron chi connectivity index (χ0n) is 10.5. The Balaban J connectivity index is 0.000000200. The van der Waals surface area contributed by atoms with Crippen LogP contribution in [0.5, 0.6) is 0 Å². The zero-order chi connectivity index (χ0) is 13.9. The lowest BCUT2D eigenvalue weighted by molar-refractivity contribution is -0.121. The van der Waals surface area contributed by atoms with Gasteiger partial charge in [-0.05, 0) is 5.56 Å². The molecule has 2 aromatic rings. The molecular formula is C16H16O3. The average Bonchev–Trinajstić information content (AvgIpc) is 2.49. The first-order valence-corrected chi connectivity index (χ1v) is 5.93. The summed E-state index contributed by atoms with van der Waals surface area (Å²) in [6.07, 6.45) is 1.16. The van der Waals surface area contributed by atoms with E-state index in [2.05, 4.69) is 0 Å². The van der Waals surface area contributed by atoms with Gasteiger partial charge >= 0.3 is 0 Å². The van der Waals surface area contributed by atoms with E-state index < -0.39 is 0 Å². The molecule has 0 atom stereocenters. The maximum absolute atomic E-state index is 10.7. The third-order valence-corrected chi connectivity index (χ3v) is 2.36. The summed E-state index contributed by atoms with van der Waals surface area (Å²) in [6.45, 7) is -0.366. The molecule has 0 fully saturated rings. The van der Waals surface area contributed by atoms with Gasteiger partial charge in [-0.2, -0.15) is 0 Å². The second-order valence-corrected chi connectivity index (χ2v) is 3.89. The van der Waals surface area contributed by atoms with E-state index in [1.54, 1.807) is 12.1 Å². The molecule has 0 spiro atoms. The zero-order valence-corrected chi connectivity index (χ0v) is 10.5. The minimum atomic E-state index is -0.366. The van der Waals surface area contributed by atoms with Gasteiger partial charge < -0.3 is 5.11 Å². The summed E-state index contributed by atoms with van der Waals surface area (Å²) in [5.74, 6) is -0.142. The number of aliphatic hydroxyl groups is 1. The van der Waals surface area contributed by atoms with Gasteiger partial charge in [-0.1, -0.05) is 60.7 Å². The molecule has 0 saturated heterocycles. The third kappa shape index (κ3) is 6.29. The Kier molecular flexibility index (Phi) is 6.84. The Hall–Kier alpha value is -2.26. The van der Waals surface area contributed by atoms with E-state index in [0.717, 1.165) is 17.4 Å². The lowest BCUT2D eigenvalue weighted by Crippen LogP contribution is -2.06. The summed E-state index contributed by atoms with van der Waals surface area (Å²) < 4.78 is 0. The van der Waals surface area contributed by atoms with E-state index in [1.807, 2.05) is 48.5 Å².